The van der Waals surface area contributed by atoms with Gasteiger partial charge >= 0.3 is 0 Å². The van der Waals surface area contributed by atoms with Crippen molar-refractivity contribution < 1.29 is 13.2 Å². The molecule has 0 heterocycles. The van der Waals surface area contributed by atoms with E-state index in [1.165, 1.54) is 22.9 Å². The standard InChI is InChI=1S/C19H21NO3S/c1-14(21)16-9-5-10-17(13-16)24(22,23)20(2)19-12-6-8-15-7-3-4-11-18(15)19/h3-5,7,9-11,13,19H,6,8,12H2,1-2H3/t19-/m1/s1. The number of fused-ring (bicyclic) bond motifs is 1. The molecular weight excluding hydrogens is 322 g/mol. The normalized spacial score (nSPS) is 17.5. The van der Waals surface area contributed by atoms with Gasteiger partial charge in [0.25, 0.3) is 0 Å². The third-order valence-electron chi connectivity index (χ3n) is 4.69. The summed E-state index contributed by atoms with van der Waals surface area (Å²) in [7, 11) is -2.03. The summed E-state index contributed by atoms with van der Waals surface area (Å²) < 4.78 is 27.5. The lowest BCUT2D eigenvalue weighted by molar-refractivity contribution is 0.101. The lowest BCUT2D eigenvalue weighted by Crippen LogP contribution is -2.33. The van der Waals surface area contributed by atoms with Crippen LogP contribution < -0.4 is 0 Å². The van der Waals surface area contributed by atoms with E-state index in [9.17, 15) is 13.2 Å². The molecular formula is C19H21NO3S. The summed E-state index contributed by atoms with van der Waals surface area (Å²) in [4.78, 5) is 11.7. The van der Waals surface area contributed by atoms with Crippen LogP contribution in [0.4, 0.5) is 0 Å². The van der Waals surface area contributed by atoms with Crippen LogP contribution in [0.15, 0.2) is 53.4 Å². The zero-order valence-corrected chi connectivity index (χ0v) is 14.7. The Balaban J connectivity index is 1.99. The molecule has 0 saturated carbocycles. The number of hydrogen-bond acceptors (Lipinski definition) is 3. The number of aryl methyl sites for hydroxylation is 1. The summed E-state index contributed by atoms with van der Waals surface area (Å²) in [6, 6.07) is 14.1. The molecule has 2 aromatic carbocycles. The second kappa shape index (κ2) is 6.49. The number of hydrogen-bond donors (Lipinski definition) is 0. The molecule has 0 bridgehead atoms. The highest BCUT2D eigenvalue weighted by Gasteiger charge is 2.32. The largest absolute Gasteiger partial charge is 0.295 e. The smallest absolute Gasteiger partial charge is 0.243 e. The van der Waals surface area contributed by atoms with E-state index in [0.717, 1.165) is 24.8 Å². The van der Waals surface area contributed by atoms with Crippen molar-refractivity contribution in [3.63, 3.8) is 0 Å². The number of ketones is 1. The molecule has 0 amide bonds. The van der Waals surface area contributed by atoms with Crippen molar-refractivity contribution in [2.24, 2.45) is 0 Å². The van der Waals surface area contributed by atoms with Crippen molar-refractivity contribution in [2.45, 2.75) is 37.1 Å². The van der Waals surface area contributed by atoms with Gasteiger partial charge in [-0.3, -0.25) is 4.79 Å². The average molecular weight is 343 g/mol. The van der Waals surface area contributed by atoms with Crippen LogP contribution in [0.25, 0.3) is 0 Å². The summed E-state index contributed by atoms with van der Waals surface area (Å²) in [5, 5.41) is 0. The number of rotatable bonds is 4. The van der Waals surface area contributed by atoms with Gasteiger partial charge in [-0.25, -0.2) is 8.42 Å². The second-order valence-electron chi connectivity index (χ2n) is 6.21. The molecule has 4 nitrogen and oxygen atoms in total. The molecule has 1 aliphatic carbocycles. The third kappa shape index (κ3) is 3.01. The van der Waals surface area contributed by atoms with Crippen LogP contribution in [0.2, 0.25) is 0 Å². The molecule has 0 N–H and O–H groups in total. The summed E-state index contributed by atoms with van der Waals surface area (Å²) in [5.74, 6) is -0.141. The first kappa shape index (κ1) is 16.9. The Morgan fingerprint density at radius 2 is 1.88 bits per heavy atom. The van der Waals surface area contributed by atoms with Gasteiger partial charge in [-0.1, -0.05) is 36.4 Å². The fourth-order valence-corrected chi connectivity index (χ4v) is 4.73. The van der Waals surface area contributed by atoms with Crippen molar-refractivity contribution in [3.05, 3.63) is 65.2 Å². The van der Waals surface area contributed by atoms with Crippen LogP contribution in [0, 0.1) is 0 Å². The Bertz CT molecular complexity index is 874. The van der Waals surface area contributed by atoms with Crippen molar-refractivity contribution in [2.75, 3.05) is 7.05 Å². The van der Waals surface area contributed by atoms with Crippen LogP contribution in [0.5, 0.6) is 0 Å². The zero-order valence-electron chi connectivity index (χ0n) is 13.9. The fourth-order valence-electron chi connectivity index (χ4n) is 3.32. The molecule has 1 aliphatic rings. The van der Waals surface area contributed by atoms with Gasteiger partial charge < -0.3 is 0 Å². The zero-order chi connectivity index (χ0) is 17.3. The summed E-state index contributed by atoms with van der Waals surface area (Å²) in [6.45, 7) is 1.44. The highest BCUT2D eigenvalue weighted by Crippen LogP contribution is 2.36. The van der Waals surface area contributed by atoms with Gasteiger partial charge in [0.2, 0.25) is 10.0 Å². The number of nitrogens with zero attached hydrogens (tertiary/aromatic N) is 1. The third-order valence-corrected chi connectivity index (χ3v) is 6.56. The Morgan fingerprint density at radius 1 is 1.12 bits per heavy atom. The molecule has 0 unspecified atom stereocenters. The quantitative estimate of drug-likeness (QED) is 0.797. The molecule has 0 radical (unpaired) electrons. The van der Waals surface area contributed by atoms with Crippen molar-refractivity contribution in [1.82, 2.24) is 4.31 Å². The summed E-state index contributed by atoms with van der Waals surface area (Å²) >= 11 is 0. The van der Waals surface area contributed by atoms with E-state index in [0.29, 0.717) is 5.56 Å². The predicted molar refractivity (Wildman–Crippen MR) is 93.5 cm³/mol. The van der Waals surface area contributed by atoms with Gasteiger partial charge in [-0.05, 0) is 49.4 Å². The molecule has 24 heavy (non-hydrogen) atoms. The highest BCUT2D eigenvalue weighted by atomic mass is 32.2. The Morgan fingerprint density at radius 3 is 2.62 bits per heavy atom. The lowest BCUT2D eigenvalue weighted by Gasteiger charge is -2.32. The maximum Gasteiger partial charge on any atom is 0.243 e. The average Bonchev–Trinajstić information content (AvgIpc) is 2.60. The Hall–Kier alpha value is -1.98. The summed E-state index contributed by atoms with van der Waals surface area (Å²) in [6.07, 6.45) is 2.76. The van der Waals surface area contributed by atoms with Crippen molar-refractivity contribution in [1.29, 1.82) is 0 Å². The van der Waals surface area contributed by atoms with E-state index >= 15 is 0 Å². The van der Waals surface area contributed by atoms with Crippen LogP contribution in [0.1, 0.15) is 47.3 Å². The molecule has 0 saturated heterocycles. The van der Waals surface area contributed by atoms with E-state index < -0.39 is 10.0 Å². The minimum Gasteiger partial charge on any atom is -0.295 e. The van der Waals surface area contributed by atoms with Crippen molar-refractivity contribution >= 4 is 15.8 Å². The Kier molecular flexibility index (Phi) is 4.56. The highest BCUT2D eigenvalue weighted by molar-refractivity contribution is 7.89. The first-order valence-electron chi connectivity index (χ1n) is 8.08. The lowest BCUT2D eigenvalue weighted by atomic mass is 9.88. The van der Waals surface area contributed by atoms with Gasteiger partial charge in [0.05, 0.1) is 4.90 Å². The van der Waals surface area contributed by atoms with Crippen LogP contribution >= 0.6 is 0 Å². The van der Waals surface area contributed by atoms with E-state index in [1.807, 2.05) is 18.2 Å². The number of carbonyl (C=O) groups excluding carboxylic acids is 1. The van der Waals surface area contributed by atoms with Gasteiger partial charge in [0.1, 0.15) is 0 Å². The van der Waals surface area contributed by atoms with Crippen LogP contribution in [-0.2, 0) is 16.4 Å². The van der Waals surface area contributed by atoms with Gasteiger partial charge in [-0.15, -0.1) is 0 Å². The predicted octanol–water partition coefficient (Wildman–Crippen LogP) is 3.59. The molecule has 0 aliphatic heterocycles. The van der Waals surface area contributed by atoms with Crippen molar-refractivity contribution in [3.8, 4) is 0 Å². The maximum absolute atomic E-state index is 13.0. The molecule has 5 heteroatoms. The Labute approximate surface area is 143 Å². The van der Waals surface area contributed by atoms with Gasteiger partial charge in [-0.2, -0.15) is 4.31 Å². The van der Waals surface area contributed by atoms with E-state index in [-0.39, 0.29) is 16.7 Å². The summed E-state index contributed by atoms with van der Waals surface area (Å²) in [5.41, 5.74) is 2.71. The molecule has 2 aromatic rings. The molecule has 0 spiro atoms. The molecule has 0 aromatic heterocycles. The number of sulfonamides is 1. The number of benzene rings is 2. The fraction of sp³-hybridized carbons (Fsp3) is 0.316. The molecule has 126 valence electrons. The topological polar surface area (TPSA) is 54.5 Å². The second-order valence-corrected chi connectivity index (χ2v) is 8.21. The van der Waals surface area contributed by atoms with E-state index in [4.69, 9.17) is 0 Å². The van der Waals surface area contributed by atoms with Gasteiger partial charge in [0.15, 0.2) is 5.78 Å². The number of Topliss-reactive ketones (excluding diaryl/α,β-unsaturated/α-hetero) is 1. The molecule has 3 rings (SSSR count). The maximum atomic E-state index is 13.0. The van der Waals surface area contributed by atoms with Gasteiger partial charge in [0, 0.05) is 18.7 Å². The molecule has 1 atom stereocenters. The molecule has 0 fully saturated rings. The van der Waals surface area contributed by atoms with Crippen LogP contribution in [0.3, 0.4) is 0 Å². The van der Waals surface area contributed by atoms with E-state index in [1.54, 1.807) is 25.2 Å². The number of carbonyl (C=O) groups is 1. The van der Waals surface area contributed by atoms with E-state index in [2.05, 4.69) is 6.07 Å². The SMILES string of the molecule is CC(=O)c1cccc(S(=O)(=O)N(C)[C@@H]2CCCc3ccccc32)c1. The minimum absolute atomic E-state index is 0.141. The minimum atomic E-state index is -3.66. The first-order valence-corrected chi connectivity index (χ1v) is 9.52. The monoisotopic (exact) mass is 343 g/mol. The van der Waals surface area contributed by atoms with Crippen LogP contribution in [-0.4, -0.2) is 25.6 Å². The first-order chi connectivity index (χ1) is 11.4.